The molecule has 130 valence electrons. The van der Waals surface area contributed by atoms with Gasteiger partial charge in [-0.05, 0) is 44.7 Å². The van der Waals surface area contributed by atoms with Gasteiger partial charge in [0.1, 0.15) is 12.1 Å². The minimum Gasteiger partial charge on any atom is -0.356 e. The highest BCUT2D eigenvalue weighted by molar-refractivity contribution is 5.97. The van der Waals surface area contributed by atoms with Crippen molar-refractivity contribution in [1.29, 1.82) is 0 Å². The maximum atomic E-state index is 13.0. The molecule has 3 heterocycles. The number of carbonyl (C=O) groups is 1. The summed E-state index contributed by atoms with van der Waals surface area (Å²) in [6.07, 6.45) is 4.39. The number of aryl methyl sites for hydroxylation is 1. The lowest BCUT2D eigenvalue weighted by Crippen LogP contribution is -2.42. The molecule has 0 aliphatic carbocycles. The van der Waals surface area contributed by atoms with E-state index in [2.05, 4.69) is 40.0 Å². The molecular formula is C20H24N4O. The highest BCUT2D eigenvalue weighted by Gasteiger charge is 2.32. The molecule has 0 unspecified atom stereocenters. The van der Waals surface area contributed by atoms with Gasteiger partial charge in [-0.3, -0.25) is 4.79 Å². The lowest BCUT2D eigenvalue weighted by molar-refractivity contribution is -0.122. The van der Waals surface area contributed by atoms with E-state index >= 15 is 0 Å². The van der Waals surface area contributed by atoms with Crippen molar-refractivity contribution < 1.29 is 4.79 Å². The molecule has 2 aliphatic heterocycles. The molecule has 0 N–H and O–H groups in total. The number of hydrogen-bond acceptors (Lipinski definition) is 4. The molecule has 0 saturated carbocycles. The predicted octanol–water partition coefficient (Wildman–Crippen LogP) is 2.90. The smallest absolute Gasteiger partial charge is 0.230 e. The van der Waals surface area contributed by atoms with E-state index in [-0.39, 0.29) is 5.92 Å². The van der Waals surface area contributed by atoms with Crippen molar-refractivity contribution in [3.8, 4) is 0 Å². The van der Waals surface area contributed by atoms with Crippen LogP contribution in [0, 0.1) is 19.8 Å². The zero-order valence-electron chi connectivity index (χ0n) is 14.9. The van der Waals surface area contributed by atoms with Crippen molar-refractivity contribution in [2.24, 2.45) is 5.92 Å². The zero-order valence-corrected chi connectivity index (χ0v) is 14.9. The molecular weight excluding hydrogens is 312 g/mol. The summed E-state index contributed by atoms with van der Waals surface area (Å²) in [5.41, 5.74) is 4.56. The summed E-state index contributed by atoms with van der Waals surface area (Å²) in [5, 5.41) is 0. The monoisotopic (exact) mass is 336 g/mol. The number of carbonyl (C=O) groups excluding carboxylic acids is 1. The van der Waals surface area contributed by atoms with E-state index in [1.54, 1.807) is 6.33 Å². The molecule has 25 heavy (non-hydrogen) atoms. The molecule has 2 aliphatic rings. The highest BCUT2D eigenvalue weighted by atomic mass is 16.2. The second-order valence-corrected chi connectivity index (χ2v) is 7.04. The fourth-order valence-corrected chi connectivity index (χ4v) is 3.97. The molecule has 0 spiro atoms. The first-order chi connectivity index (χ1) is 12.1. The summed E-state index contributed by atoms with van der Waals surface area (Å²) in [4.78, 5) is 26.0. The van der Waals surface area contributed by atoms with Crippen LogP contribution in [0.15, 0.2) is 30.6 Å². The van der Waals surface area contributed by atoms with Crippen LogP contribution in [0.4, 0.5) is 11.5 Å². The number of benzene rings is 1. The summed E-state index contributed by atoms with van der Waals surface area (Å²) in [6.45, 7) is 6.67. The summed E-state index contributed by atoms with van der Waals surface area (Å²) < 4.78 is 0. The Hall–Kier alpha value is -2.43. The molecule has 1 aromatic carbocycles. The number of fused-ring (bicyclic) bond motifs is 1. The van der Waals surface area contributed by atoms with Crippen molar-refractivity contribution in [2.75, 3.05) is 29.4 Å². The van der Waals surface area contributed by atoms with Crippen molar-refractivity contribution in [1.82, 2.24) is 9.97 Å². The van der Waals surface area contributed by atoms with Gasteiger partial charge in [0.05, 0.1) is 0 Å². The van der Waals surface area contributed by atoms with E-state index in [0.29, 0.717) is 5.91 Å². The molecule has 5 nitrogen and oxygen atoms in total. The lowest BCUT2D eigenvalue weighted by atomic mass is 9.95. The third kappa shape index (κ3) is 2.88. The third-order valence-electron chi connectivity index (χ3n) is 5.61. The molecule has 5 heteroatoms. The van der Waals surface area contributed by atoms with Gasteiger partial charge < -0.3 is 9.80 Å². The Morgan fingerprint density at radius 2 is 1.84 bits per heavy atom. The topological polar surface area (TPSA) is 49.3 Å². The van der Waals surface area contributed by atoms with Crippen LogP contribution in [-0.2, 0) is 11.2 Å². The van der Waals surface area contributed by atoms with Gasteiger partial charge in [-0.15, -0.1) is 0 Å². The first-order valence-electron chi connectivity index (χ1n) is 9.07. The molecule has 1 aromatic heterocycles. The van der Waals surface area contributed by atoms with Gasteiger partial charge in [0.2, 0.25) is 5.91 Å². The predicted molar refractivity (Wildman–Crippen MR) is 98.9 cm³/mol. The Balaban J connectivity index is 1.44. The number of amides is 1. The maximum Gasteiger partial charge on any atom is 0.230 e. The fourth-order valence-electron chi connectivity index (χ4n) is 3.97. The van der Waals surface area contributed by atoms with Gasteiger partial charge in [0.25, 0.3) is 0 Å². The average molecular weight is 336 g/mol. The van der Waals surface area contributed by atoms with Crippen LogP contribution >= 0.6 is 0 Å². The number of aromatic nitrogens is 2. The first-order valence-corrected chi connectivity index (χ1v) is 9.07. The summed E-state index contributed by atoms with van der Waals surface area (Å²) in [7, 11) is 0. The van der Waals surface area contributed by atoms with E-state index in [1.165, 1.54) is 5.56 Å². The number of hydrogen-bond donors (Lipinski definition) is 0. The second kappa shape index (κ2) is 6.47. The molecule has 2 aromatic rings. The second-order valence-electron chi connectivity index (χ2n) is 7.04. The Bertz CT molecular complexity index is 796. The van der Waals surface area contributed by atoms with Crippen molar-refractivity contribution in [2.45, 2.75) is 33.1 Å². The van der Waals surface area contributed by atoms with Gasteiger partial charge >= 0.3 is 0 Å². The lowest BCUT2D eigenvalue weighted by Gasteiger charge is -2.34. The SMILES string of the molecule is Cc1ncnc(N2CCC(C(=O)N3CCc4ccccc43)CC2)c1C. The molecule has 1 fully saturated rings. The number of piperidine rings is 1. The average Bonchev–Trinajstić information content (AvgIpc) is 3.08. The van der Waals surface area contributed by atoms with E-state index in [0.717, 1.165) is 61.7 Å². The van der Waals surface area contributed by atoms with E-state index in [1.807, 2.05) is 17.9 Å². The minimum absolute atomic E-state index is 0.116. The summed E-state index contributed by atoms with van der Waals surface area (Å²) >= 11 is 0. The first kappa shape index (κ1) is 16.1. The van der Waals surface area contributed by atoms with Gasteiger partial charge in [0.15, 0.2) is 0 Å². The number of para-hydroxylation sites is 1. The van der Waals surface area contributed by atoms with Crippen LogP contribution in [0.25, 0.3) is 0 Å². The van der Waals surface area contributed by atoms with Gasteiger partial charge in [-0.25, -0.2) is 9.97 Å². The molecule has 0 bridgehead atoms. The van der Waals surface area contributed by atoms with E-state index < -0.39 is 0 Å². The maximum absolute atomic E-state index is 13.0. The standard InChI is InChI=1S/C20H24N4O/c1-14-15(2)21-13-22-19(14)23-10-7-17(8-11-23)20(25)24-12-9-16-5-3-4-6-18(16)24/h3-6,13,17H,7-12H2,1-2H3. The van der Waals surface area contributed by atoms with Gasteiger partial charge in [-0.1, -0.05) is 18.2 Å². The number of anilines is 2. The van der Waals surface area contributed by atoms with Crippen LogP contribution in [0.2, 0.25) is 0 Å². The highest BCUT2D eigenvalue weighted by Crippen LogP contribution is 2.32. The zero-order chi connectivity index (χ0) is 17.4. The largest absolute Gasteiger partial charge is 0.356 e. The van der Waals surface area contributed by atoms with Crippen LogP contribution in [0.3, 0.4) is 0 Å². The molecule has 1 saturated heterocycles. The normalized spacial score (nSPS) is 17.7. The van der Waals surface area contributed by atoms with E-state index in [4.69, 9.17) is 0 Å². The molecule has 0 radical (unpaired) electrons. The third-order valence-corrected chi connectivity index (χ3v) is 5.61. The summed E-state index contributed by atoms with van der Waals surface area (Å²) in [5.74, 6) is 1.43. The van der Waals surface area contributed by atoms with Crippen molar-refractivity contribution in [3.63, 3.8) is 0 Å². The molecule has 4 rings (SSSR count). The number of nitrogens with zero attached hydrogens (tertiary/aromatic N) is 4. The fraction of sp³-hybridized carbons (Fsp3) is 0.450. The number of rotatable bonds is 2. The minimum atomic E-state index is 0.116. The quantitative estimate of drug-likeness (QED) is 0.846. The Morgan fingerprint density at radius 3 is 2.64 bits per heavy atom. The Morgan fingerprint density at radius 1 is 1.08 bits per heavy atom. The molecule has 0 atom stereocenters. The van der Waals surface area contributed by atoms with Gasteiger partial charge in [0, 0.05) is 42.5 Å². The van der Waals surface area contributed by atoms with Crippen molar-refractivity contribution >= 4 is 17.4 Å². The van der Waals surface area contributed by atoms with Gasteiger partial charge in [-0.2, -0.15) is 0 Å². The van der Waals surface area contributed by atoms with E-state index in [9.17, 15) is 4.79 Å². The van der Waals surface area contributed by atoms with Crippen LogP contribution in [0.1, 0.15) is 29.7 Å². The molecule has 1 amide bonds. The Kier molecular flexibility index (Phi) is 4.15. The van der Waals surface area contributed by atoms with Crippen LogP contribution in [-0.4, -0.2) is 35.5 Å². The summed E-state index contributed by atoms with van der Waals surface area (Å²) in [6, 6.07) is 8.28. The Labute approximate surface area is 148 Å². The van der Waals surface area contributed by atoms with Crippen LogP contribution in [0.5, 0.6) is 0 Å². The van der Waals surface area contributed by atoms with Crippen molar-refractivity contribution in [3.05, 3.63) is 47.4 Å². The van der Waals surface area contributed by atoms with Crippen LogP contribution < -0.4 is 9.80 Å².